The maximum Gasteiger partial charge on any atom is 0.0132 e. The number of hydrogen-bond donors (Lipinski definition) is 0. The van der Waals surface area contributed by atoms with Crippen molar-refractivity contribution in [2.45, 2.75) is 5.92 Å². The molecule has 0 aliphatic carbocycles. The Kier molecular flexibility index (Phi) is 5.95. The van der Waals surface area contributed by atoms with E-state index >= 15 is 0 Å². The Morgan fingerprint density at radius 1 is 0.667 bits per heavy atom. The van der Waals surface area contributed by atoms with Crippen LogP contribution < -0.4 is 0 Å². The fraction of sp³-hybridized carbons (Fsp3) is 0.250. The first-order valence-corrected chi connectivity index (χ1v) is 9.13. The van der Waals surface area contributed by atoms with Gasteiger partial charge < -0.3 is 0 Å². The molecule has 0 heterocycles. The van der Waals surface area contributed by atoms with Crippen molar-refractivity contribution in [2.24, 2.45) is 5.92 Å². The van der Waals surface area contributed by atoms with Crippen LogP contribution in [-0.4, -0.2) is 8.86 Å². The monoisotopic (exact) mass is 462 g/mol. The molecule has 2 heteroatoms. The van der Waals surface area contributed by atoms with Gasteiger partial charge in [-0.3, -0.25) is 0 Å². The van der Waals surface area contributed by atoms with E-state index in [9.17, 15) is 0 Å². The summed E-state index contributed by atoms with van der Waals surface area (Å²) < 4.78 is 2.38. The Morgan fingerprint density at radius 3 is 1.39 bits per heavy atom. The van der Waals surface area contributed by atoms with Crippen molar-refractivity contribution in [3.05, 3.63) is 71.8 Å². The molecule has 94 valence electrons. The van der Waals surface area contributed by atoms with E-state index in [1.165, 1.54) is 20.0 Å². The van der Waals surface area contributed by atoms with Crippen LogP contribution in [0.5, 0.6) is 0 Å². The van der Waals surface area contributed by atoms with Crippen molar-refractivity contribution < 1.29 is 0 Å². The summed E-state index contributed by atoms with van der Waals surface area (Å²) in [5, 5.41) is 0. The zero-order valence-corrected chi connectivity index (χ0v) is 14.4. The van der Waals surface area contributed by atoms with E-state index in [-0.39, 0.29) is 0 Å². The molecule has 0 nitrogen and oxygen atoms in total. The Bertz CT molecular complexity index is 410. The molecular formula is C16H16I2. The van der Waals surface area contributed by atoms with Gasteiger partial charge in [0.15, 0.2) is 0 Å². The van der Waals surface area contributed by atoms with Crippen LogP contribution in [0.25, 0.3) is 0 Å². The first-order chi connectivity index (χ1) is 8.86. The van der Waals surface area contributed by atoms with E-state index < -0.39 is 0 Å². The van der Waals surface area contributed by atoms with Gasteiger partial charge in [-0.05, 0) is 17.0 Å². The lowest BCUT2D eigenvalue weighted by molar-refractivity contribution is 0.598. The number of halogens is 2. The summed E-state index contributed by atoms with van der Waals surface area (Å²) in [6.45, 7) is 0. The van der Waals surface area contributed by atoms with Crippen LogP contribution in [0.4, 0.5) is 0 Å². The van der Waals surface area contributed by atoms with Crippen molar-refractivity contribution in [1.29, 1.82) is 0 Å². The summed E-state index contributed by atoms with van der Waals surface area (Å²) >= 11 is 5.03. The minimum absolute atomic E-state index is 0.515. The minimum Gasteiger partial charge on any atom is -0.0860 e. The molecule has 0 spiro atoms. The Morgan fingerprint density at radius 2 is 1.06 bits per heavy atom. The van der Waals surface area contributed by atoms with Gasteiger partial charge in [0.1, 0.15) is 0 Å². The zero-order chi connectivity index (χ0) is 12.8. The first-order valence-electron chi connectivity index (χ1n) is 6.08. The molecule has 0 radical (unpaired) electrons. The average Bonchev–Trinajstić information content (AvgIpc) is 2.46. The molecule has 0 atom stereocenters. The number of alkyl halides is 2. The van der Waals surface area contributed by atoms with Gasteiger partial charge >= 0.3 is 0 Å². The van der Waals surface area contributed by atoms with Crippen molar-refractivity contribution >= 4 is 45.2 Å². The Labute approximate surface area is 136 Å². The summed E-state index contributed by atoms with van der Waals surface area (Å²) in [5.41, 5.74) is 2.86. The first kappa shape index (κ1) is 14.3. The SMILES string of the molecule is ICC(CI)C(c1ccccc1)c1ccccc1. The van der Waals surface area contributed by atoms with Crippen molar-refractivity contribution in [2.75, 3.05) is 8.86 Å². The quantitative estimate of drug-likeness (QED) is 0.418. The summed E-state index contributed by atoms with van der Waals surface area (Å²) in [4.78, 5) is 0. The van der Waals surface area contributed by atoms with E-state index in [1.807, 2.05) is 0 Å². The smallest absolute Gasteiger partial charge is 0.0132 e. The lowest BCUT2D eigenvalue weighted by Crippen LogP contribution is -2.17. The van der Waals surface area contributed by atoms with Gasteiger partial charge in [-0.25, -0.2) is 0 Å². The van der Waals surface area contributed by atoms with Crippen molar-refractivity contribution in [3.63, 3.8) is 0 Å². The summed E-state index contributed by atoms with van der Waals surface area (Å²) in [6, 6.07) is 21.8. The third-order valence-electron chi connectivity index (χ3n) is 3.19. The maximum atomic E-state index is 2.51. The summed E-state index contributed by atoms with van der Waals surface area (Å²) in [6.07, 6.45) is 0. The van der Waals surface area contributed by atoms with Crippen molar-refractivity contribution in [1.82, 2.24) is 0 Å². The standard InChI is InChI=1S/C16H16I2/c17-11-15(12-18)16(13-7-3-1-4-8-13)14-9-5-2-6-10-14/h1-10,15-16H,11-12H2. The molecule has 0 unspecified atom stereocenters. The number of hydrogen-bond acceptors (Lipinski definition) is 0. The molecule has 0 amide bonds. The third kappa shape index (κ3) is 3.47. The van der Waals surface area contributed by atoms with E-state index in [2.05, 4.69) is 106 Å². The molecule has 0 aliphatic heterocycles. The molecule has 0 fully saturated rings. The van der Waals surface area contributed by atoms with Gasteiger partial charge in [0, 0.05) is 14.8 Å². The topological polar surface area (TPSA) is 0 Å². The molecule has 2 aromatic carbocycles. The highest BCUT2D eigenvalue weighted by atomic mass is 127. The molecule has 0 bridgehead atoms. The lowest BCUT2D eigenvalue weighted by Gasteiger charge is -2.25. The predicted octanol–water partition coefficient (Wildman–Crippen LogP) is 5.30. The molecule has 2 aromatic rings. The third-order valence-corrected chi connectivity index (χ3v) is 5.45. The van der Waals surface area contributed by atoms with Crippen LogP contribution in [0.2, 0.25) is 0 Å². The normalized spacial score (nSPS) is 11.1. The number of rotatable bonds is 5. The van der Waals surface area contributed by atoms with Crippen molar-refractivity contribution in [3.8, 4) is 0 Å². The van der Waals surface area contributed by atoms with Gasteiger partial charge in [-0.15, -0.1) is 0 Å². The van der Waals surface area contributed by atoms with E-state index in [0.29, 0.717) is 11.8 Å². The molecule has 0 aliphatic rings. The van der Waals surface area contributed by atoms with Crippen LogP contribution in [-0.2, 0) is 0 Å². The summed E-state index contributed by atoms with van der Waals surface area (Å²) in [7, 11) is 0. The highest BCUT2D eigenvalue weighted by Crippen LogP contribution is 2.34. The van der Waals surface area contributed by atoms with Gasteiger partial charge in [0.2, 0.25) is 0 Å². The number of benzene rings is 2. The molecule has 0 saturated carbocycles. The second kappa shape index (κ2) is 7.48. The predicted molar refractivity (Wildman–Crippen MR) is 96.0 cm³/mol. The largest absolute Gasteiger partial charge is 0.0860 e. The second-order valence-corrected chi connectivity index (χ2v) is 6.13. The minimum atomic E-state index is 0.515. The van der Waals surface area contributed by atoms with Gasteiger partial charge in [-0.2, -0.15) is 0 Å². The average molecular weight is 462 g/mol. The molecule has 0 aromatic heterocycles. The fourth-order valence-electron chi connectivity index (χ4n) is 2.28. The zero-order valence-electron chi connectivity index (χ0n) is 10.1. The van der Waals surface area contributed by atoms with E-state index in [1.54, 1.807) is 0 Å². The molecule has 2 rings (SSSR count). The molecule has 0 N–H and O–H groups in total. The maximum absolute atomic E-state index is 2.51. The van der Waals surface area contributed by atoms with Crippen LogP contribution in [0, 0.1) is 5.92 Å². The second-order valence-electron chi connectivity index (χ2n) is 4.37. The van der Waals surface area contributed by atoms with E-state index in [0.717, 1.165) is 0 Å². The van der Waals surface area contributed by atoms with Crippen LogP contribution >= 0.6 is 45.2 Å². The van der Waals surface area contributed by atoms with Crippen LogP contribution in [0.1, 0.15) is 17.0 Å². The van der Waals surface area contributed by atoms with Gasteiger partial charge in [0.05, 0.1) is 0 Å². The summed E-state index contributed by atoms with van der Waals surface area (Å²) in [5.74, 6) is 1.21. The van der Waals surface area contributed by atoms with E-state index in [4.69, 9.17) is 0 Å². The van der Waals surface area contributed by atoms with Gasteiger partial charge in [-0.1, -0.05) is 106 Å². The lowest BCUT2D eigenvalue weighted by atomic mass is 9.83. The molecular weight excluding hydrogens is 446 g/mol. The molecule has 18 heavy (non-hydrogen) atoms. The van der Waals surface area contributed by atoms with Crippen LogP contribution in [0.3, 0.4) is 0 Å². The Hall–Kier alpha value is -0.1000. The highest BCUT2D eigenvalue weighted by Gasteiger charge is 2.22. The Balaban J connectivity index is 2.41. The fourth-order valence-corrected chi connectivity index (χ4v) is 5.11. The highest BCUT2D eigenvalue weighted by molar-refractivity contribution is 14.1. The van der Waals surface area contributed by atoms with Gasteiger partial charge in [0.25, 0.3) is 0 Å². The molecule has 0 saturated heterocycles. The van der Waals surface area contributed by atoms with Crippen LogP contribution in [0.15, 0.2) is 60.7 Å².